The van der Waals surface area contributed by atoms with Crippen LogP contribution in [0, 0.1) is 11.8 Å². The lowest BCUT2D eigenvalue weighted by molar-refractivity contribution is -0.128. The van der Waals surface area contributed by atoms with E-state index in [4.69, 9.17) is 4.74 Å². The van der Waals surface area contributed by atoms with Gasteiger partial charge in [-0.05, 0) is 59.9 Å². The van der Waals surface area contributed by atoms with Gasteiger partial charge in [-0.2, -0.15) is 0 Å². The van der Waals surface area contributed by atoms with Gasteiger partial charge in [-0.1, -0.05) is 55.5 Å². The Morgan fingerprint density at radius 3 is 2.34 bits per heavy atom. The first kappa shape index (κ1) is 23.5. The van der Waals surface area contributed by atoms with Gasteiger partial charge in [-0.25, -0.2) is 9.69 Å². The van der Waals surface area contributed by atoms with Crippen molar-refractivity contribution in [3.05, 3.63) is 86.8 Å². The van der Waals surface area contributed by atoms with Gasteiger partial charge in [0.2, 0.25) is 11.8 Å². The van der Waals surface area contributed by atoms with Gasteiger partial charge in [-0.3, -0.25) is 9.59 Å². The van der Waals surface area contributed by atoms with Crippen molar-refractivity contribution in [1.29, 1.82) is 0 Å². The number of thiophene rings is 1. The van der Waals surface area contributed by atoms with Gasteiger partial charge < -0.3 is 9.53 Å². The molecule has 3 aromatic rings. The Bertz CT molecular complexity index is 1490. The summed E-state index contributed by atoms with van der Waals surface area (Å²) in [5, 5.41) is 0.371. The lowest BCUT2D eigenvalue weighted by Gasteiger charge is -2.51. The molecule has 0 radical (unpaired) electrons. The highest BCUT2D eigenvalue weighted by Crippen LogP contribution is 2.64. The Kier molecular flexibility index (Phi) is 5.24. The number of aldehydes is 1. The Morgan fingerprint density at radius 2 is 1.68 bits per heavy atom. The van der Waals surface area contributed by atoms with E-state index >= 15 is 0 Å². The molecule has 1 aliphatic heterocycles. The zero-order valence-electron chi connectivity index (χ0n) is 21.1. The highest BCUT2D eigenvalue weighted by molar-refractivity contribution is 7.17. The number of aryl methyl sites for hydroxylation is 1. The van der Waals surface area contributed by atoms with E-state index in [1.54, 1.807) is 0 Å². The number of hydrogen-bond donors (Lipinski definition) is 0. The summed E-state index contributed by atoms with van der Waals surface area (Å²) < 4.78 is 5.55. The first-order chi connectivity index (χ1) is 18.5. The van der Waals surface area contributed by atoms with Crippen LogP contribution in [0.4, 0.5) is 5.00 Å². The van der Waals surface area contributed by atoms with Crippen molar-refractivity contribution in [3.8, 4) is 0 Å². The van der Waals surface area contributed by atoms with E-state index in [0.29, 0.717) is 17.0 Å². The van der Waals surface area contributed by atoms with Crippen LogP contribution in [0.3, 0.4) is 0 Å². The van der Waals surface area contributed by atoms with Crippen LogP contribution in [-0.4, -0.2) is 30.7 Å². The fourth-order valence-electron chi connectivity index (χ4n) is 7.42. The van der Waals surface area contributed by atoms with Crippen molar-refractivity contribution in [2.45, 2.75) is 50.4 Å². The fourth-order valence-corrected chi connectivity index (χ4v) is 8.80. The zero-order chi connectivity index (χ0) is 26.2. The number of carbonyl (C=O) groups excluding carboxylic acids is 4. The van der Waals surface area contributed by atoms with Gasteiger partial charge in [-0.15, -0.1) is 11.3 Å². The second-order valence-electron chi connectivity index (χ2n) is 10.7. The molecule has 38 heavy (non-hydrogen) atoms. The minimum absolute atomic E-state index is 0.275. The molecule has 2 heterocycles. The van der Waals surface area contributed by atoms with Crippen LogP contribution in [0.5, 0.6) is 0 Å². The third-order valence-corrected chi connectivity index (χ3v) is 10.1. The maximum absolute atomic E-state index is 14.4. The van der Waals surface area contributed by atoms with E-state index in [1.165, 1.54) is 16.2 Å². The van der Waals surface area contributed by atoms with Crippen LogP contribution in [0.2, 0.25) is 0 Å². The van der Waals surface area contributed by atoms with E-state index in [1.807, 2.05) is 55.5 Å². The van der Waals surface area contributed by atoms with Crippen molar-refractivity contribution in [1.82, 2.24) is 0 Å². The molecular weight excluding hydrogens is 498 g/mol. The molecule has 0 spiro atoms. The van der Waals surface area contributed by atoms with Crippen molar-refractivity contribution >= 4 is 40.4 Å². The van der Waals surface area contributed by atoms with Gasteiger partial charge in [0.25, 0.3) is 0 Å². The third-order valence-electron chi connectivity index (χ3n) is 8.87. The van der Waals surface area contributed by atoms with Crippen LogP contribution in [0.25, 0.3) is 0 Å². The quantitative estimate of drug-likeness (QED) is 0.268. The maximum Gasteiger partial charge on any atom is 0.341 e. The van der Waals surface area contributed by atoms with Crippen LogP contribution >= 0.6 is 11.3 Å². The molecule has 192 valence electrons. The first-order valence-electron chi connectivity index (χ1n) is 13.4. The Morgan fingerprint density at radius 1 is 1.03 bits per heavy atom. The normalized spacial score (nSPS) is 26.4. The van der Waals surface area contributed by atoms with Crippen molar-refractivity contribution in [2.24, 2.45) is 11.8 Å². The van der Waals surface area contributed by atoms with Crippen molar-refractivity contribution < 1.29 is 23.9 Å². The summed E-state index contributed by atoms with van der Waals surface area (Å²) in [7, 11) is 0. The molecular formula is C31H27NO5S. The molecule has 0 N–H and O–H groups in total. The minimum Gasteiger partial charge on any atom is -0.462 e. The van der Waals surface area contributed by atoms with E-state index in [-0.39, 0.29) is 18.4 Å². The second kappa shape index (κ2) is 8.46. The smallest absolute Gasteiger partial charge is 0.341 e. The lowest BCUT2D eigenvalue weighted by atomic mass is 9.48. The standard InChI is InChI=1S/C31H27NO5S/c1-2-15-37-30(36)24-19-11-5-8-14-22(19)38-29(24)32-27(34)25-23-17-9-3-6-12-20(17)31(16-33,26(25)28(32)35)21-13-7-4-10-18(21)23/h3-4,6-7,9-10,12-13,16,23,25-26H,2,5,8,11,14-15H2,1H3. The Hall–Kier alpha value is -3.58. The van der Waals surface area contributed by atoms with E-state index < -0.39 is 29.1 Å². The molecule has 1 saturated heterocycles. The predicted molar refractivity (Wildman–Crippen MR) is 143 cm³/mol. The largest absolute Gasteiger partial charge is 0.462 e. The predicted octanol–water partition coefficient (Wildman–Crippen LogP) is 4.94. The van der Waals surface area contributed by atoms with Crippen LogP contribution in [0.1, 0.15) is 75.2 Å². The average molecular weight is 526 g/mol. The summed E-state index contributed by atoms with van der Waals surface area (Å²) in [6.07, 6.45) is 5.05. The molecule has 2 atom stereocenters. The molecule has 6 nitrogen and oxygen atoms in total. The number of imide groups is 1. The molecule has 0 saturated carbocycles. The molecule has 5 aliphatic rings. The maximum atomic E-state index is 14.4. The fraction of sp³-hybridized carbons (Fsp3) is 0.355. The zero-order valence-corrected chi connectivity index (χ0v) is 21.9. The third kappa shape index (κ3) is 2.83. The van der Waals surface area contributed by atoms with E-state index in [0.717, 1.165) is 64.7 Å². The SMILES string of the molecule is CCCOC(=O)c1c(N2C(=O)C3C4c5ccccc5C(C=O)(c5ccccc54)C3C2=O)sc2c1CCCC2. The number of amides is 2. The molecule has 8 rings (SSSR count). The Labute approximate surface area is 224 Å². The van der Waals surface area contributed by atoms with E-state index in [2.05, 4.69) is 0 Å². The van der Waals surface area contributed by atoms with Gasteiger partial charge in [0.15, 0.2) is 0 Å². The summed E-state index contributed by atoms with van der Waals surface area (Å²) in [6, 6.07) is 15.4. The van der Waals surface area contributed by atoms with E-state index in [9.17, 15) is 19.2 Å². The number of ether oxygens (including phenoxy) is 1. The number of rotatable bonds is 5. The number of hydrogen-bond acceptors (Lipinski definition) is 6. The molecule has 4 aliphatic carbocycles. The number of benzene rings is 2. The van der Waals surface area contributed by atoms with Crippen molar-refractivity contribution in [2.75, 3.05) is 11.5 Å². The summed E-state index contributed by atoms with van der Waals surface area (Å²) in [4.78, 5) is 57.6. The molecule has 2 aromatic carbocycles. The topological polar surface area (TPSA) is 80.8 Å². The molecule has 1 aromatic heterocycles. The number of nitrogens with zero attached hydrogens (tertiary/aromatic N) is 1. The number of fused-ring (bicyclic) bond motifs is 1. The van der Waals surface area contributed by atoms with Crippen LogP contribution < -0.4 is 4.90 Å². The van der Waals surface area contributed by atoms with Gasteiger partial charge in [0.05, 0.1) is 29.4 Å². The monoisotopic (exact) mass is 525 g/mol. The Balaban J connectivity index is 1.44. The summed E-state index contributed by atoms with van der Waals surface area (Å²) in [5.74, 6) is -3.11. The summed E-state index contributed by atoms with van der Waals surface area (Å²) >= 11 is 1.37. The van der Waals surface area contributed by atoms with Crippen LogP contribution in [-0.2, 0) is 37.4 Å². The summed E-state index contributed by atoms with van der Waals surface area (Å²) in [6.45, 7) is 2.20. The molecule has 2 bridgehead atoms. The summed E-state index contributed by atoms with van der Waals surface area (Å²) in [5.41, 5.74) is 3.47. The first-order valence-corrected chi connectivity index (χ1v) is 14.2. The second-order valence-corrected chi connectivity index (χ2v) is 11.8. The molecule has 7 heteroatoms. The highest BCUT2D eigenvalue weighted by atomic mass is 32.1. The van der Waals surface area contributed by atoms with Gasteiger partial charge in [0.1, 0.15) is 11.3 Å². The number of esters is 1. The lowest BCUT2D eigenvalue weighted by Crippen LogP contribution is -2.54. The molecule has 2 unspecified atom stereocenters. The van der Waals surface area contributed by atoms with Gasteiger partial charge in [0, 0.05) is 10.8 Å². The van der Waals surface area contributed by atoms with Gasteiger partial charge >= 0.3 is 5.97 Å². The average Bonchev–Trinajstić information content (AvgIpc) is 3.46. The van der Waals surface area contributed by atoms with Crippen molar-refractivity contribution in [3.63, 3.8) is 0 Å². The molecule has 2 amide bonds. The minimum atomic E-state index is -1.26. The number of anilines is 1. The molecule has 1 fully saturated rings. The van der Waals surface area contributed by atoms with Crippen LogP contribution in [0.15, 0.2) is 48.5 Å². The highest BCUT2D eigenvalue weighted by Gasteiger charge is 2.69. The number of carbonyl (C=O) groups is 4.